The number of nitrogens with one attached hydrogen (secondary N) is 1. The highest BCUT2D eigenvalue weighted by Crippen LogP contribution is 2.33. The summed E-state index contributed by atoms with van der Waals surface area (Å²) in [5, 5.41) is 4.34. The molecule has 4 rings (SSSR count). The molecule has 1 N–H and O–H groups in total. The van der Waals surface area contributed by atoms with Crippen LogP contribution >= 0.6 is 0 Å². The number of para-hydroxylation sites is 2. The molecule has 29 heavy (non-hydrogen) atoms. The molecule has 0 spiro atoms. The Balaban J connectivity index is 1.54. The van der Waals surface area contributed by atoms with Crippen molar-refractivity contribution in [3.05, 3.63) is 120 Å². The van der Waals surface area contributed by atoms with Gasteiger partial charge in [-0.1, -0.05) is 66.2 Å². The van der Waals surface area contributed by atoms with E-state index in [2.05, 4.69) is 107 Å². The van der Waals surface area contributed by atoms with E-state index in [1.54, 1.807) is 0 Å². The number of anilines is 4. The first-order valence-corrected chi connectivity index (χ1v) is 9.66. The average Bonchev–Trinajstić information content (AvgIpc) is 2.78. The maximum absolute atomic E-state index is 4.34. The van der Waals surface area contributed by atoms with Gasteiger partial charge in [-0.15, -0.1) is 0 Å². The van der Waals surface area contributed by atoms with Crippen LogP contribution in [0.5, 0.6) is 0 Å². The Labute approximate surface area is 172 Å². The first-order valence-electron chi connectivity index (χ1n) is 9.66. The third kappa shape index (κ3) is 4.71. The quantitative estimate of drug-likeness (QED) is 0.292. The summed E-state index contributed by atoms with van der Waals surface area (Å²) in [4.78, 5) is 2.24. The predicted octanol–water partition coefficient (Wildman–Crippen LogP) is 6.91. The van der Waals surface area contributed by atoms with Crippen LogP contribution in [-0.4, -0.2) is 6.21 Å². The largest absolute Gasteiger partial charge is 0.311 e. The van der Waals surface area contributed by atoms with E-state index in [4.69, 9.17) is 0 Å². The zero-order valence-electron chi connectivity index (χ0n) is 16.4. The molecule has 142 valence electrons. The minimum atomic E-state index is 0.975. The number of rotatable bonds is 6. The first kappa shape index (κ1) is 18.5. The molecule has 0 aliphatic heterocycles. The Kier molecular flexibility index (Phi) is 5.68. The fourth-order valence-corrected chi connectivity index (χ4v) is 3.12. The SMILES string of the molecule is Cc1ccc(N/N=C/c2ccc(N(c3ccccc3)c3ccccc3)cc2)cc1. The monoisotopic (exact) mass is 377 g/mol. The first-order chi connectivity index (χ1) is 14.3. The van der Waals surface area contributed by atoms with E-state index >= 15 is 0 Å². The van der Waals surface area contributed by atoms with Crippen LogP contribution in [0, 0.1) is 6.92 Å². The van der Waals surface area contributed by atoms with Crippen LogP contribution in [0.4, 0.5) is 22.7 Å². The summed E-state index contributed by atoms with van der Waals surface area (Å²) in [6.07, 6.45) is 1.83. The molecule has 4 aromatic carbocycles. The molecule has 0 radical (unpaired) electrons. The Morgan fingerprint density at radius 3 is 1.69 bits per heavy atom. The lowest BCUT2D eigenvalue weighted by Gasteiger charge is -2.25. The summed E-state index contributed by atoms with van der Waals surface area (Å²) in [5.74, 6) is 0. The van der Waals surface area contributed by atoms with Gasteiger partial charge in [0.1, 0.15) is 0 Å². The van der Waals surface area contributed by atoms with Crippen LogP contribution in [0.15, 0.2) is 114 Å². The van der Waals surface area contributed by atoms with Crippen molar-refractivity contribution in [2.75, 3.05) is 10.3 Å². The normalized spacial score (nSPS) is 10.8. The van der Waals surface area contributed by atoms with Gasteiger partial charge in [-0.25, -0.2) is 0 Å². The molecular formula is C26H23N3. The van der Waals surface area contributed by atoms with E-state index in [0.29, 0.717) is 0 Å². The Hall–Kier alpha value is -3.85. The van der Waals surface area contributed by atoms with Gasteiger partial charge in [-0.2, -0.15) is 5.10 Å². The fraction of sp³-hybridized carbons (Fsp3) is 0.0385. The summed E-state index contributed by atoms with van der Waals surface area (Å²) in [7, 11) is 0. The summed E-state index contributed by atoms with van der Waals surface area (Å²) < 4.78 is 0. The van der Waals surface area contributed by atoms with Crippen LogP contribution in [0.1, 0.15) is 11.1 Å². The molecule has 0 bridgehead atoms. The molecule has 0 atom stereocenters. The van der Waals surface area contributed by atoms with Gasteiger partial charge in [0.05, 0.1) is 11.9 Å². The lowest BCUT2D eigenvalue weighted by atomic mass is 10.1. The van der Waals surface area contributed by atoms with Gasteiger partial charge in [0.15, 0.2) is 0 Å². The molecule has 0 aromatic heterocycles. The molecule has 0 fully saturated rings. The summed E-state index contributed by atoms with van der Waals surface area (Å²) in [6.45, 7) is 2.07. The van der Waals surface area contributed by atoms with E-state index in [9.17, 15) is 0 Å². The highest BCUT2D eigenvalue weighted by atomic mass is 15.3. The highest BCUT2D eigenvalue weighted by molar-refractivity contribution is 5.83. The second-order valence-electron chi connectivity index (χ2n) is 6.83. The zero-order valence-corrected chi connectivity index (χ0v) is 16.4. The van der Waals surface area contributed by atoms with Crippen molar-refractivity contribution in [3.8, 4) is 0 Å². The van der Waals surface area contributed by atoms with Gasteiger partial charge in [0.25, 0.3) is 0 Å². The Morgan fingerprint density at radius 1 is 0.621 bits per heavy atom. The minimum Gasteiger partial charge on any atom is -0.311 e. The lowest BCUT2D eigenvalue weighted by Crippen LogP contribution is -2.09. The van der Waals surface area contributed by atoms with Crippen molar-refractivity contribution in [2.24, 2.45) is 5.10 Å². The molecule has 4 aromatic rings. The van der Waals surface area contributed by atoms with E-state index in [1.165, 1.54) is 5.56 Å². The maximum Gasteiger partial charge on any atom is 0.0561 e. The molecule has 3 nitrogen and oxygen atoms in total. The Bertz CT molecular complexity index is 1010. The van der Waals surface area contributed by atoms with E-state index < -0.39 is 0 Å². The Morgan fingerprint density at radius 2 is 1.14 bits per heavy atom. The zero-order chi connectivity index (χ0) is 19.9. The molecular weight excluding hydrogens is 354 g/mol. The predicted molar refractivity (Wildman–Crippen MR) is 124 cm³/mol. The van der Waals surface area contributed by atoms with Gasteiger partial charge in [-0.3, -0.25) is 5.43 Å². The lowest BCUT2D eigenvalue weighted by molar-refractivity contribution is 1.28. The number of benzene rings is 4. The van der Waals surface area contributed by atoms with Gasteiger partial charge in [-0.05, 0) is 61.0 Å². The van der Waals surface area contributed by atoms with Crippen molar-refractivity contribution >= 4 is 29.0 Å². The van der Waals surface area contributed by atoms with Crippen molar-refractivity contribution < 1.29 is 0 Å². The standard InChI is InChI=1S/C26H23N3/c1-21-12-16-23(17-13-21)28-27-20-22-14-18-26(19-15-22)29(24-8-4-2-5-9-24)25-10-6-3-7-11-25/h2-20,28H,1H3/b27-20+. The number of hydrogen-bond donors (Lipinski definition) is 1. The maximum atomic E-state index is 4.34. The topological polar surface area (TPSA) is 27.6 Å². The third-order valence-corrected chi connectivity index (χ3v) is 4.64. The number of hydrogen-bond acceptors (Lipinski definition) is 3. The van der Waals surface area contributed by atoms with Crippen molar-refractivity contribution in [3.63, 3.8) is 0 Å². The second kappa shape index (κ2) is 8.89. The molecule has 0 saturated heterocycles. The van der Waals surface area contributed by atoms with Crippen LogP contribution in [0.2, 0.25) is 0 Å². The van der Waals surface area contributed by atoms with Crippen molar-refractivity contribution in [1.82, 2.24) is 0 Å². The van der Waals surface area contributed by atoms with Gasteiger partial charge in [0.2, 0.25) is 0 Å². The summed E-state index contributed by atoms with van der Waals surface area (Å²) >= 11 is 0. The minimum absolute atomic E-state index is 0.975. The van der Waals surface area contributed by atoms with Crippen LogP contribution in [0.3, 0.4) is 0 Å². The van der Waals surface area contributed by atoms with Crippen LogP contribution in [-0.2, 0) is 0 Å². The molecule has 0 amide bonds. The van der Waals surface area contributed by atoms with Crippen LogP contribution in [0.25, 0.3) is 0 Å². The van der Waals surface area contributed by atoms with Gasteiger partial charge < -0.3 is 4.90 Å². The summed E-state index contributed by atoms with van der Waals surface area (Å²) in [5.41, 5.74) is 9.67. The van der Waals surface area contributed by atoms with Gasteiger partial charge >= 0.3 is 0 Å². The number of aryl methyl sites for hydroxylation is 1. The third-order valence-electron chi connectivity index (χ3n) is 4.64. The molecule has 0 unspecified atom stereocenters. The number of hydrazone groups is 1. The van der Waals surface area contributed by atoms with Crippen LogP contribution < -0.4 is 10.3 Å². The highest BCUT2D eigenvalue weighted by Gasteiger charge is 2.11. The number of nitrogens with zero attached hydrogens (tertiary/aromatic N) is 2. The molecule has 0 aliphatic rings. The van der Waals surface area contributed by atoms with E-state index in [1.807, 2.05) is 30.5 Å². The molecule has 3 heteroatoms. The smallest absolute Gasteiger partial charge is 0.0561 e. The van der Waals surface area contributed by atoms with Gasteiger partial charge in [0, 0.05) is 17.1 Å². The van der Waals surface area contributed by atoms with Crippen molar-refractivity contribution in [1.29, 1.82) is 0 Å². The van der Waals surface area contributed by atoms with Crippen molar-refractivity contribution in [2.45, 2.75) is 6.92 Å². The van der Waals surface area contributed by atoms with E-state index in [0.717, 1.165) is 28.3 Å². The van der Waals surface area contributed by atoms with E-state index in [-0.39, 0.29) is 0 Å². The summed E-state index contributed by atoms with van der Waals surface area (Å²) in [6, 6.07) is 37.3. The molecule has 0 aliphatic carbocycles. The molecule has 0 heterocycles. The second-order valence-corrected chi connectivity index (χ2v) is 6.83. The average molecular weight is 377 g/mol. The molecule has 0 saturated carbocycles. The fourth-order valence-electron chi connectivity index (χ4n) is 3.12.